The topological polar surface area (TPSA) is 83.7 Å². The number of amides is 1. The maximum absolute atomic E-state index is 12.0. The number of carbonyl (C=O) groups is 2. The average Bonchev–Trinajstić information content (AvgIpc) is 2.86. The van der Waals surface area contributed by atoms with Crippen LogP contribution in [0.4, 0.5) is 0 Å². The molecule has 0 saturated carbocycles. The van der Waals surface area contributed by atoms with Gasteiger partial charge in [0.1, 0.15) is 17.4 Å². The van der Waals surface area contributed by atoms with Crippen LogP contribution in [-0.4, -0.2) is 44.4 Å². The van der Waals surface area contributed by atoms with Crippen molar-refractivity contribution in [2.45, 2.75) is 12.5 Å². The minimum Gasteiger partial charge on any atom is -0.480 e. The molecule has 7 heteroatoms. The highest BCUT2D eigenvalue weighted by molar-refractivity contribution is 7.98. The smallest absolute Gasteiger partial charge is 0.326 e. The molecular weight excluding hydrogens is 278 g/mol. The first-order valence-corrected chi connectivity index (χ1v) is 7.47. The number of nitrogens with zero attached hydrogens (tertiary/aromatic N) is 2. The summed E-state index contributed by atoms with van der Waals surface area (Å²) in [4.78, 5) is 27.3. The van der Waals surface area contributed by atoms with Gasteiger partial charge in [-0.3, -0.25) is 4.79 Å². The Morgan fingerprint density at radius 1 is 1.50 bits per heavy atom. The van der Waals surface area contributed by atoms with Gasteiger partial charge in [0.05, 0.1) is 0 Å². The molecule has 0 saturated heterocycles. The summed E-state index contributed by atoms with van der Waals surface area (Å²) in [5.41, 5.74) is 0.861. The van der Waals surface area contributed by atoms with Crippen LogP contribution >= 0.6 is 11.8 Å². The molecule has 2 heterocycles. The van der Waals surface area contributed by atoms with E-state index >= 15 is 0 Å². The van der Waals surface area contributed by atoms with E-state index in [0.717, 1.165) is 0 Å². The third-order valence-corrected chi connectivity index (χ3v) is 3.45. The minimum atomic E-state index is -1.03. The normalized spacial score (nSPS) is 12.2. The number of thioether (sulfide) groups is 1. The van der Waals surface area contributed by atoms with Crippen LogP contribution in [0.1, 0.15) is 16.9 Å². The Kier molecular flexibility index (Phi) is 4.62. The number of hydrogen-bond acceptors (Lipinski definition) is 4. The maximum atomic E-state index is 12.0. The quantitative estimate of drug-likeness (QED) is 0.838. The van der Waals surface area contributed by atoms with Crippen LogP contribution in [0, 0.1) is 0 Å². The third kappa shape index (κ3) is 3.30. The maximum Gasteiger partial charge on any atom is 0.326 e. The predicted octanol–water partition coefficient (Wildman–Crippen LogP) is 1.27. The molecule has 0 bridgehead atoms. The Bertz CT molecular complexity index is 593. The van der Waals surface area contributed by atoms with Gasteiger partial charge in [-0.2, -0.15) is 11.8 Å². The lowest BCUT2D eigenvalue weighted by Crippen LogP contribution is -2.41. The standard InChI is InChI=1S/C13H15N3O3S/c1-20-7-5-9(13(18)19)15-12(17)10-8-16-6-3-2-4-11(16)14-10/h2-4,6,8-9H,5,7H2,1H3,(H,15,17)(H,18,19). The Labute approximate surface area is 120 Å². The molecule has 0 aliphatic carbocycles. The molecule has 1 atom stereocenters. The van der Waals surface area contributed by atoms with E-state index in [1.807, 2.05) is 18.4 Å². The summed E-state index contributed by atoms with van der Waals surface area (Å²) in [5.74, 6) is -0.832. The van der Waals surface area contributed by atoms with Crippen molar-refractivity contribution in [1.82, 2.24) is 14.7 Å². The lowest BCUT2D eigenvalue weighted by atomic mass is 10.2. The van der Waals surface area contributed by atoms with Crippen LogP contribution in [-0.2, 0) is 4.79 Å². The van der Waals surface area contributed by atoms with Crippen molar-refractivity contribution in [2.75, 3.05) is 12.0 Å². The number of pyridine rings is 1. The van der Waals surface area contributed by atoms with Gasteiger partial charge in [0, 0.05) is 12.4 Å². The Hall–Kier alpha value is -2.02. The molecule has 2 aromatic rings. The fraction of sp³-hybridized carbons (Fsp3) is 0.308. The number of aliphatic carboxylic acids is 1. The molecule has 2 rings (SSSR count). The summed E-state index contributed by atoms with van der Waals surface area (Å²) >= 11 is 1.54. The molecule has 2 aromatic heterocycles. The third-order valence-electron chi connectivity index (χ3n) is 2.81. The van der Waals surface area contributed by atoms with Crippen molar-refractivity contribution in [3.63, 3.8) is 0 Å². The van der Waals surface area contributed by atoms with Gasteiger partial charge in [-0.25, -0.2) is 9.78 Å². The molecule has 0 aromatic carbocycles. The number of nitrogens with one attached hydrogen (secondary N) is 1. The number of imidazole rings is 1. The average molecular weight is 293 g/mol. The first kappa shape index (κ1) is 14.4. The van der Waals surface area contributed by atoms with Crippen molar-refractivity contribution < 1.29 is 14.7 Å². The highest BCUT2D eigenvalue weighted by Gasteiger charge is 2.21. The Morgan fingerprint density at radius 2 is 2.30 bits per heavy atom. The summed E-state index contributed by atoms with van der Waals surface area (Å²) in [6.07, 6.45) is 5.64. The van der Waals surface area contributed by atoms with Crippen LogP contribution in [0.5, 0.6) is 0 Å². The number of carbonyl (C=O) groups excluding carboxylic acids is 1. The van der Waals surface area contributed by atoms with Crippen LogP contribution < -0.4 is 5.32 Å². The van der Waals surface area contributed by atoms with Crippen molar-refractivity contribution in [2.24, 2.45) is 0 Å². The molecular formula is C13H15N3O3S. The van der Waals surface area contributed by atoms with Crippen molar-refractivity contribution >= 4 is 29.3 Å². The molecule has 20 heavy (non-hydrogen) atoms. The molecule has 0 aliphatic rings. The van der Waals surface area contributed by atoms with E-state index < -0.39 is 17.9 Å². The first-order valence-electron chi connectivity index (χ1n) is 6.08. The Morgan fingerprint density at radius 3 is 2.95 bits per heavy atom. The van der Waals surface area contributed by atoms with Gasteiger partial charge >= 0.3 is 5.97 Å². The molecule has 106 valence electrons. The summed E-state index contributed by atoms with van der Waals surface area (Å²) in [5, 5.41) is 11.6. The van der Waals surface area contributed by atoms with Crippen molar-refractivity contribution in [1.29, 1.82) is 0 Å². The van der Waals surface area contributed by atoms with Gasteiger partial charge in [0.2, 0.25) is 0 Å². The summed E-state index contributed by atoms with van der Waals surface area (Å²) in [7, 11) is 0. The zero-order valence-corrected chi connectivity index (χ0v) is 11.8. The molecule has 0 fully saturated rings. The summed E-state index contributed by atoms with van der Waals surface area (Å²) in [6, 6.07) is 4.54. The van der Waals surface area contributed by atoms with Gasteiger partial charge in [-0.05, 0) is 30.6 Å². The van der Waals surface area contributed by atoms with E-state index in [2.05, 4.69) is 10.3 Å². The fourth-order valence-electron chi connectivity index (χ4n) is 1.77. The van der Waals surface area contributed by atoms with E-state index in [-0.39, 0.29) is 5.69 Å². The fourth-order valence-corrected chi connectivity index (χ4v) is 2.24. The van der Waals surface area contributed by atoms with E-state index in [4.69, 9.17) is 5.11 Å². The summed E-state index contributed by atoms with van der Waals surface area (Å²) < 4.78 is 1.71. The van der Waals surface area contributed by atoms with Crippen LogP contribution in [0.2, 0.25) is 0 Å². The number of rotatable bonds is 6. The van der Waals surface area contributed by atoms with Crippen molar-refractivity contribution in [3.8, 4) is 0 Å². The van der Waals surface area contributed by atoms with E-state index in [1.54, 1.807) is 22.9 Å². The second kappa shape index (κ2) is 6.42. The van der Waals surface area contributed by atoms with Gasteiger partial charge in [-0.1, -0.05) is 6.07 Å². The lowest BCUT2D eigenvalue weighted by molar-refractivity contribution is -0.139. The number of aromatic nitrogens is 2. The number of carboxylic acids is 1. The van der Waals surface area contributed by atoms with Crippen LogP contribution in [0.15, 0.2) is 30.6 Å². The highest BCUT2D eigenvalue weighted by atomic mass is 32.2. The van der Waals surface area contributed by atoms with Gasteiger partial charge < -0.3 is 14.8 Å². The van der Waals surface area contributed by atoms with E-state index in [9.17, 15) is 9.59 Å². The Balaban J connectivity index is 2.11. The van der Waals surface area contributed by atoms with E-state index in [1.165, 1.54) is 11.8 Å². The van der Waals surface area contributed by atoms with E-state index in [0.29, 0.717) is 17.8 Å². The molecule has 0 aliphatic heterocycles. The lowest BCUT2D eigenvalue weighted by Gasteiger charge is -2.12. The predicted molar refractivity (Wildman–Crippen MR) is 77.1 cm³/mol. The molecule has 1 amide bonds. The highest BCUT2D eigenvalue weighted by Crippen LogP contribution is 2.06. The first-order chi connectivity index (χ1) is 9.61. The SMILES string of the molecule is CSCCC(NC(=O)c1cn2ccccc2n1)C(=O)O. The molecule has 6 nitrogen and oxygen atoms in total. The van der Waals surface area contributed by atoms with Gasteiger partial charge in [-0.15, -0.1) is 0 Å². The summed E-state index contributed by atoms with van der Waals surface area (Å²) in [6.45, 7) is 0. The molecule has 1 unspecified atom stereocenters. The monoisotopic (exact) mass is 293 g/mol. The zero-order chi connectivity index (χ0) is 14.5. The zero-order valence-electron chi connectivity index (χ0n) is 10.9. The minimum absolute atomic E-state index is 0.214. The van der Waals surface area contributed by atoms with Crippen LogP contribution in [0.25, 0.3) is 5.65 Å². The molecule has 0 radical (unpaired) electrons. The second-order valence-electron chi connectivity index (χ2n) is 4.24. The molecule has 0 spiro atoms. The largest absolute Gasteiger partial charge is 0.480 e. The van der Waals surface area contributed by atoms with Gasteiger partial charge in [0.15, 0.2) is 0 Å². The number of hydrogen-bond donors (Lipinski definition) is 2. The number of carboxylic acid groups (broad SMARTS) is 1. The van der Waals surface area contributed by atoms with Gasteiger partial charge in [0.25, 0.3) is 5.91 Å². The van der Waals surface area contributed by atoms with Crippen LogP contribution in [0.3, 0.4) is 0 Å². The molecule has 2 N–H and O–H groups in total. The number of fused-ring (bicyclic) bond motifs is 1. The van der Waals surface area contributed by atoms with Crippen molar-refractivity contribution in [3.05, 3.63) is 36.3 Å². The second-order valence-corrected chi connectivity index (χ2v) is 5.22.